The van der Waals surface area contributed by atoms with E-state index in [1.807, 2.05) is 30.3 Å². The zero-order valence-electron chi connectivity index (χ0n) is 11.5. The van der Waals surface area contributed by atoms with Gasteiger partial charge in [-0.05, 0) is 35.9 Å². The highest BCUT2D eigenvalue weighted by molar-refractivity contribution is 6.34. The summed E-state index contributed by atoms with van der Waals surface area (Å²) in [7, 11) is 0. The minimum atomic E-state index is -0.0517. The Labute approximate surface area is 127 Å². The average Bonchev–Trinajstić information content (AvgIpc) is 2.87. The lowest BCUT2D eigenvalue weighted by atomic mass is 10.1. The number of halogens is 1. The van der Waals surface area contributed by atoms with Crippen LogP contribution in [0.4, 0.5) is 0 Å². The van der Waals surface area contributed by atoms with E-state index in [-0.39, 0.29) is 5.91 Å². The van der Waals surface area contributed by atoms with Crippen LogP contribution in [0.5, 0.6) is 0 Å². The van der Waals surface area contributed by atoms with Gasteiger partial charge in [-0.3, -0.25) is 9.78 Å². The van der Waals surface area contributed by atoms with Crippen LogP contribution < -0.4 is 5.32 Å². The van der Waals surface area contributed by atoms with Crippen molar-refractivity contribution >= 4 is 28.4 Å². The average molecular weight is 300 g/mol. The van der Waals surface area contributed by atoms with Crippen molar-refractivity contribution in [1.29, 1.82) is 0 Å². The van der Waals surface area contributed by atoms with Gasteiger partial charge in [0.2, 0.25) is 5.91 Å². The highest BCUT2D eigenvalue weighted by Gasteiger charge is 2.08. The largest absolute Gasteiger partial charge is 0.357 e. The normalized spacial score (nSPS) is 10.8. The number of hydrogen-bond donors (Lipinski definition) is 2. The molecule has 0 aliphatic rings. The Hall–Kier alpha value is -2.33. The zero-order valence-corrected chi connectivity index (χ0v) is 12.2. The zero-order chi connectivity index (χ0) is 14.8. The fourth-order valence-corrected chi connectivity index (χ4v) is 2.56. The number of nitrogens with one attached hydrogen (secondary N) is 2. The van der Waals surface area contributed by atoms with Crippen LogP contribution in [0.15, 0.2) is 42.7 Å². The second-order valence-corrected chi connectivity index (χ2v) is 5.27. The second kappa shape index (κ2) is 5.58. The van der Waals surface area contributed by atoms with Gasteiger partial charge in [-0.2, -0.15) is 0 Å². The van der Waals surface area contributed by atoms with E-state index in [0.29, 0.717) is 11.6 Å². The molecular formula is C16H14ClN3O. The number of benzene rings is 1. The summed E-state index contributed by atoms with van der Waals surface area (Å²) >= 11 is 6.37. The fourth-order valence-electron chi connectivity index (χ4n) is 2.28. The fraction of sp³-hybridized carbons (Fsp3) is 0.125. The van der Waals surface area contributed by atoms with Crippen molar-refractivity contribution in [1.82, 2.24) is 15.3 Å². The highest BCUT2D eigenvalue weighted by Crippen LogP contribution is 2.32. The summed E-state index contributed by atoms with van der Waals surface area (Å²) in [5, 5.41) is 4.49. The summed E-state index contributed by atoms with van der Waals surface area (Å²) in [5.74, 6) is -0.0517. The number of aromatic amines is 1. The maximum Gasteiger partial charge on any atom is 0.217 e. The molecule has 0 fully saturated rings. The van der Waals surface area contributed by atoms with Crippen LogP contribution >= 0.6 is 11.6 Å². The number of H-pyrrole nitrogens is 1. The van der Waals surface area contributed by atoms with E-state index in [0.717, 1.165) is 27.7 Å². The molecule has 0 spiro atoms. The first-order valence-corrected chi connectivity index (χ1v) is 6.97. The van der Waals surface area contributed by atoms with Crippen molar-refractivity contribution in [3.63, 3.8) is 0 Å². The molecule has 0 radical (unpaired) electrons. The van der Waals surface area contributed by atoms with Crippen molar-refractivity contribution in [2.45, 2.75) is 13.5 Å². The molecule has 0 bridgehead atoms. The summed E-state index contributed by atoms with van der Waals surface area (Å²) in [6.07, 6.45) is 3.49. The molecule has 2 heterocycles. The van der Waals surface area contributed by atoms with Crippen LogP contribution in [-0.2, 0) is 11.3 Å². The quantitative estimate of drug-likeness (QED) is 0.777. The highest BCUT2D eigenvalue weighted by atomic mass is 35.5. The smallest absolute Gasteiger partial charge is 0.217 e. The van der Waals surface area contributed by atoms with Crippen molar-refractivity contribution in [2.75, 3.05) is 0 Å². The number of nitrogens with zero attached hydrogens (tertiary/aromatic N) is 1. The minimum Gasteiger partial charge on any atom is -0.357 e. The molecule has 1 amide bonds. The third-order valence-electron chi connectivity index (χ3n) is 3.28. The van der Waals surface area contributed by atoms with Gasteiger partial charge in [-0.25, -0.2) is 0 Å². The van der Waals surface area contributed by atoms with Gasteiger partial charge >= 0.3 is 0 Å². The van der Waals surface area contributed by atoms with Crippen molar-refractivity contribution in [3.8, 4) is 11.1 Å². The summed E-state index contributed by atoms with van der Waals surface area (Å²) in [6.45, 7) is 1.98. The van der Waals surface area contributed by atoms with Crippen LogP contribution in [0.3, 0.4) is 0 Å². The molecule has 4 nitrogen and oxygen atoms in total. The van der Waals surface area contributed by atoms with E-state index >= 15 is 0 Å². The van der Waals surface area contributed by atoms with E-state index in [1.165, 1.54) is 6.92 Å². The SMILES string of the molecule is CC(=O)NCc1cc2cc(Cl)c(-c3ccncc3)cc2[nH]1. The molecule has 5 heteroatoms. The van der Waals surface area contributed by atoms with Gasteiger partial charge in [0.15, 0.2) is 0 Å². The Morgan fingerprint density at radius 3 is 2.76 bits per heavy atom. The summed E-state index contributed by atoms with van der Waals surface area (Å²) < 4.78 is 0. The van der Waals surface area contributed by atoms with E-state index < -0.39 is 0 Å². The van der Waals surface area contributed by atoms with Gasteiger partial charge in [0, 0.05) is 46.5 Å². The maximum absolute atomic E-state index is 11.0. The lowest BCUT2D eigenvalue weighted by molar-refractivity contribution is -0.119. The molecule has 0 aliphatic carbocycles. The Balaban J connectivity index is 2.01. The van der Waals surface area contributed by atoms with Crippen LogP contribution in [0.1, 0.15) is 12.6 Å². The van der Waals surface area contributed by atoms with Crippen molar-refractivity contribution < 1.29 is 4.79 Å². The summed E-state index contributed by atoms with van der Waals surface area (Å²) in [5.41, 5.74) is 3.92. The summed E-state index contributed by atoms with van der Waals surface area (Å²) in [6, 6.07) is 9.79. The standard InChI is InChI=1S/C16H14ClN3O/c1-10(21)19-9-13-6-12-7-15(17)14(8-16(12)20-13)11-2-4-18-5-3-11/h2-8,20H,9H2,1H3,(H,19,21). The second-order valence-electron chi connectivity index (χ2n) is 4.86. The predicted molar refractivity (Wildman–Crippen MR) is 84.1 cm³/mol. The summed E-state index contributed by atoms with van der Waals surface area (Å²) in [4.78, 5) is 18.3. The first-order chi connectivity index (χ1) is 10.1. The van der Waals surface area contributed by atoms with Gasteiger partial charge in [0.05, 0.1) is 6.54 Å². The first-order valence-electron chi connectivity index (χ1n) is 6.59. The number of aromatic nitrogens is 2. The van der Waals surface area contributed by atoms with Crippen LogP contribution in [0, 0.1) is 0 Å². The number of fused-ring (bicyclic) bond motifs is 1. The topological polar surface area (TPSA) is 57.8 Å². The molecule has 0 unspecified atom stereocenters. The van der Waals surface area contributed by atoms with E-state index in [2.05, 4.69) is 15.3 Å². The van der Waals surface area contributed by atoms with Crippen LogP contribution in [0.2, 0.25) is 5.02 Å². The molecule has 3 aromatic rings. The number of pyridine rings is 1. The molecule has 3 rings (SSSR count). The Morgan fingerprint density at radius 1 is 1.29 bits per heavy atom. The molecule has 2 N–H and O–H groups in total. The Kier molecular flexibility index (Phi) is 3.62. The molecule has 0 saturated heterocycles. The Morgan fingerprint density at radius 2 is 2.05 bits per heavy atom. The van der Waals surface area contributed by atoms with Crippen molar-refractivity contribution in [2.24, 2.45) is 0 Å². The monoisotopic (exact) mass is 299 g/mol. The lowest BCUT2D eigenvalue weighted by Gasteiger charge is -2.04. The molecule has 0 atom stereocenters. The van der Waals surface area contributed by atoms with E-state index in [4.69, 9.17) is 11.6 Å². The minimum absolute atomic E-state index is 0.0517. The number of carbonyl (C=O) groups excluding carboxylic acids is 1. The van der Waals surface area contributed by atoms with E-state index in [1.54, 1.807) is 12.4 Å². The molecule has 1 aromatic carbocycles. The number of hydrogen-bond acceptors (Lipinski definition) is 2. The molecule has 106 valence electrons. The number of carbonyl (C=O) groups is 1. The maximum atomic E-state index is 11.0. The molecular weight excluding hydrogens is 286 g/mol. The van der Waals surface area contributed by atoms with Gasteiger partial charge in [-0.1, -0.05) is 11.6 Å². The Bertz CT molecular complexity index is 796. The third-order valence-corrected chi connectivity index (χ3v) is 3.60. The third kappa shape index (κ3) is 2.90. The predicted octanol–water partition coefficient (Wildman–Crippen LogP) is 3.52. The van der Waals surface area contributed by atoms with Gasteiger partial charge in [-0.15, -0.1) is 0 Å². The number of amides is 1. The van der Waals surface area contributed by atoms with Crippen LogP contribution in [0.25, 0.3) is 22.0 Å². The molecule has 0 aliphatic heterocycles. The molecule has 21 heavy (non-hydrogen) atoms. The van der Waals surface area contributed by atoms with Crippen LogP contribution in [-0.4, -0.2) is 15.9 Å². The van der Waals surface area contributed by atoms with E-state index in [9.17, 15) is 4.79 Å². The molecule has 2 aromatic heterocycles. The van der Waals surface area contributed by atoms with Gasteiger partial charge in [0.1, 0.15) is 0 Å². The van der Waals surface area contributed by atoms with Gasteiger partial charge < -0.3 is 10.3 Å². The van der Waals surface area contributed by atoms with Gasteiger partial charge in [0.25, 0.3) is 0 Å². The first kappa shape index (κ1) is 13.6. The molecule has 0 saturated carbocycles. The lowest BCUT2D eigenvalue weighted by Crippen LogP contribution is -2.18. The number of rotatable bonds is 3. The van der Waals surface area contributed by atoms with Crippen molar-refractivity contribution in [3.05, 3.63) is 53.4 Å².